The second-order valence-electron chi connectivity index (χ2n) is 8.48. The molecular formula is C25H28N4O2. The minimum absolute atomic E-state index is 0.0772. The lowest BCUT2D eigenvalue weighted by molar-refractivity contribution is -0.123. The van der Waals surface area contributed by atoms with Crippen LogP contribution in [0.25, 0.3) is 10.9 Å². The Balaban J connectivity index is 1.31. The Kier molecular flexibility index (Phi) is 5.24. The predicted molar refractivity (Wildman–Crippen MR) is 123 cm³/mol. The number of hydrazone groups is 1. The molecule has 1 aromatic heterocycles. The van der Waals surface area contributed by atoms with Crippen LogP contribution in [0.4, 0.5) is 0 Å². The van der Waals surface area contributed by atoms with E-state index in [1.54, 1.807) is 13.3 Å². The first-order chi connectivity index (χ1) is 15.1. The van der Waals surface area contributed by atoms with Crippen LogP contribution < -0.4 is 10.2 Å². The summed E-state index contributed by atoms with van der Waals surface area (Å²) in [6.45, 7) is 4.32. The van der Waals surface area contributed by atoms with E-state index in [4.69, 9.17) is 4.74 Å². The molecule has 2 heterocycles. The molecule has 0 saturated carbocycles. The molecule has 0 bridgehead atoms. The van der Waals surface area contributed by atoms with Crippen LogP contribution in [-0.2, 0) is 17.8 Å². The smallest absolute Gasteiger partial charge is 0.254 e. The van der Waals surface area contributed by atoms with Gasteiger partial charge in [-0.2, -0.15) is 5.10 Å². The van der Waals surface area contributed by atoms with Crippen LogP contribution in [0.15, 0.2) is 47.6 Å². The molecule has 2 aliphatic rings. The van der Waals surface area contributed by atoms with Crippen LogP contribution in [0.2, 0.25) is 0 Å². The van der Waals surface area contributed by atoms with Gasteiger partial charge in [-0.15, -0.1) is 0 Å². The average Bonchev–Trinajstić information content (AvgIpc) is 3.10. The maximum atomic E-state index is 12.6. The van der Waals surface area contributed by atoms with E-state index in [1.807, 2.05) is 24.3 Å². The lowest BCUT2D eigenvalue weighted by Gasteiger charge is -2.39. The van der Waals surface area contributed by atoms with Gasteiger partial charge in [0.2, 0.25) is 0 Å². The van der Waals surface area contributed by atoms with Crippen molar-refractivity contribution >= 4 is 23.0 Å². The summed E-state index contributed by atoms with van der Waals surface area (Å²) in [6, 6.07) is 14.7. The highest BCUT2D eigenvalue weighted by molar-refractivity contribution is 5.87. The number of aromatic nitrogens is 1. The van der Waals surface area contributed by atoms with Crippen LogP contribution in [0.3, 0.4) is 0 Å². The highest BCUT2D eigenvalue weighted by atomic mass is 16.5. The predicted octanol–water partition coefficient (Wildman–Crippen LogP) is 3.80. The Morgan fingerprint density at radius 1 is 1.26 bits per heavy atom. The summed E-state index contributed by atoms with van der Waals surface area (Å²) in [7, 11) is 1.63. The molecule has 160 valence electrons. The zero-order valence-electron chi connectivity index (χ0n) is 18.1. The first-order valence-electron chi connectivity index (χ1n) is 11.0. The molecule has 6 heteroatoms. The molecule has 5 rings (SSSR count). The minimum Gasteiger partial charge on any atom is -0.497 e. The molecule has 2 aromatic carbocycles. The Morgan fingerprint density at radius 2 is 2.16 bits per heavy atom. The van der Waals surface area contributed by atoms with Gasteiger partial charge in [-0.25, -0.2) is 5.43 Å². The summed E-state index contributed by atoms with van der Waals surface area (Å²) in [6.07, 6.45) is 5.04. The van der Waals surface area contributed by atoms with Crippen molar-refractivity contribution in [2.45, 2.75) is 38.8 Å². The third-order valence-electron chi connectivity index (χ3n) is 6.48. The Bertz CT molecular complexity index is 1160. The lowest BCUT2D eigenvalue weighted by Crippen LogP contribution is -2.44. The molecule has 1 aliphatic carbocycles. The van der Waals surface area contributed by atoms with Crippen LogP contribution in [-0.4, -0.2) is 41.8 Å². The second kappa shape index (κ2) is 8.19. The molecule has 0 fully saturated rings. The van der Waals surface area contributed by atoms with E-state index in [0.29, 0.717) is 12.6 Å². The largest absolute Gasteiger partial charge is 0.497 e. The number of carbonyl (C=O) groups is 1. The molecule has 31 heavy (non-hydrogen) atoms. The summed E-state index contributed by atoms with van der Waals surface area (Å²) in [5.41, 5.74) is 9.13. The zero-order chi connectivity index (χ0) is 21.4. The molecule has 1 atom stereocenters. The van der Waals surface area contributed by atoms with E-state index >= 15 is 0 Å². The van der Waals surface area contributed by atoms with Crippen LogP contribution in [0.5, 0.6) is 5.75 Å². The van der Waals surface area contributed by atoms with Crippen LogP contribution in [0.1, 0.15) is 41.3 Å². The molecule has 0 radical (unpaired) electrons. The van der Waals surface area contributed by atoms with Gasteiger partial charge >= 0.3 is 0 Å². The number of amides is 1. The van der Waals surface area contributed by atoms with E-state index in [2.05, 4.69) is 45.1 Å². The highest BCUT2D eigenvalue weighted by Gasteiger charge is 2.35. The van der Waals surface area contributed by atoms with Gasteiger partial charge in [0.15, 0.2) is 0 Å². The van der Waals surface area contributed by atoms with E-state index in [9.17, 15) is 4.79 Å². The van der Waals surface area contributed by atoms with Crippen molar-refractivity contribution in [3.8, 4) is 5.75 Å². The number of hydrogen-bond acceptors (Lipinski definition) is 4. The van der Waals surface area contributed by atoms with Crippen molar-refractivity contribution in [1.29, 1.82) is 0 Å². The number of carbonyl (C=O) groups excluding carboxylic acids is 1. The lowest BCUT2D eigenvalue weighted by atomic mass is 9.89. The molecule has 3 aromatic rings. The summed E-state index contributed by atoms with van der Waals surface area (Å²) < 4.78 is 7.71. The van der Waals surface area contributed by atoms with Gasteiger partial charge in [-0.3, -0.25) is 9.69 Å². The second-order valence-corrected chi connectivity index (χ2v) is 8.48. The molecule has 1 N–H and O–H groups in total. The number of methoxy groups -OCH3 is 1. The molecular weight excluding hydrogens is 388 g/mol. The monoisotopic (exact) mass is 416 g/mol. The fraction of sp³-hybridized carbons (Fsp3) is 0.360. The molecule has 1 amide bonds. The number of rotatable bonds is 5. The normalized spacial score (nSPS) is 18.3. The Morgan fingerprint density at radius 3 is 3.03 bits per heavy atom. The number of benzene rings is 2. The topological polar surface area (TPSA) is 58.9 Å². The van der Waals surface area contributed by atoms with E-state index in [1.165, 1.54) is 27.7 Å². The van der Waals surface area contributed by atoms with Gasteiger partial charge in [0.1, 0.15) is 5.75 Å². The van der Waals surface area contributed by atoms with E-state index in [0.717, 1.165) is 43.7 Å². The third kappa shape index (κ3) is 3.72. The van der Waals surface area contributed by atoms with Crippen molar-refractivity contribution in [3.05, 3.63) is 64.8 Å². The summed E-state index contributed by atoms with van der Waals surface area (Å²) in [5.74, 6) is 0.689. The van der Waals surface area contributed by atoms with Crippen molar-refractivity contribution in [1.82, 2.24) is 14.9 Å². The number of fused-ring (bicyclic) bond motifs is 3. The van der Waals surface area contributed by atoms with Gasteiger partial charge in [-0.05, 0) is 61.6 Å². The molecule has 0 spiro atoms. The van der Waals surface area contributed by atoms with Gasteiger partial charge in [0.25, 0.3) is 5.91 Å². The molecule has 0 saturated heterocycles. The van der Waals surface area contributed by atoms with E-state index < -0.39 is 0 Å². The Hall–Kier alpha value is -3.12. The third-order valence-corrected chi connectivity index (χ3v) is 6.48. The van der Waals surface area contributed by atoms with Gasteiger partial charge in [0.05, 0.1) is 25.9 Å². The fourth-order valence-electron chi connectivity index (χ4n) is 5.10. The average molecular weight is 417 g/mol. The summed E-state index contributed by atoms with van der Waals surface area (Å²) in [4.78, 5) is 14.9. The molecule has 1 aliphatic heterocycles. The number of ether oxygens (including phenoxy) is 1. The maximum absolute atomic E-state index is 12.6. The van der Waals surface area contributed by atoms with Gasteiger partial charge in [-0.1, -0.05) is 23.8 Å². The van der Waals surface area contributed by atoms with Crippen molar-refractivity contribution in [2.75, 3.05) is 20.2 Å². The van der Waals surface area contributed by atoms with E-state index in [-0.39, 0.29) is 5.91 Å². The molecule has 6 nitrogen and oxygen atoms in total. The van der Waals surface area contributed by atoms with Gasteiger partial charge < -0.3 is 9.30 Å². The first kappa shape index (κ1) is 19.8. The maximum Gasteiger partial charge on any atom is 0.254 e. The zero-order valence-corrected chi connectivity index (χ0v) is 18.1. The summed E-state index contributed by atoms with van der Waals surface area (Å²) >= 11 is 0. The molecule has 1 unspecified atom stereocenters. The highest BCUT2D eigenvalue weighted by Crippen LogP contribution is 2.42. The minimum atomic E-state index is -0.0772. The van der Waals surface area contributed by atoms with Crippen molar-refractivity contribution < 1.29 is 9.53 Å². The number of aryl methyl sites for hydroxylation is 2. The number of hydrogen-bond donors (Lipinski definition) is 1. The quantitative estimate of drug-likeness (QED) is 0.508. The Labute approximate surface area is 182 Å². The van der Waals surface area contributed by atoms with Gasteiger partial charge in [0, 0.05) is 29.7 Å². The number of nitrogens with zero attached hydrogens (tertiary/aromatic N) is 3. The SMILES string of the molecule is COc1cccc(C=NNC(=O)CN2CCn3c4c(c5cc(C)ccc53)CCCC42)c1. The first-order valence-corrected chi connectivity index (χ1v) is 11.0. The fourth-order valence-corrected chi connectivity index (χ4v) is 5.10. The van der Waals surface area contributed by atoms with Crippen LogP contribution in [0, 0.1) is 6.92 Å². The summed E-state index contributed by atoms with van der Waals surface area (Å²) in [5, 5.41) is 5.54. The van der Waals surface area contributed by atoms with Crippen LogP contribution >= 0.6 is 0 Å². The van der Waals surface area contributed by atoms with Crippen molar-refractivity contribution in [3.63, 3.8) is 0 Å². The standard InChI is InChI=1S/C25H28N4O2/c1-17-9-10-22-21(13-17)20-7-4-8-23-25(20)29(22)12-11-28(23)16-24(30)27-26-15-18-5-3-6-19(14-18)31-2/h3,5-6,9-10,13-15,23H,4,7-8,11-12,16H2,1-2H3,(H,27,30). The van der Waals surface area contributed by atoms with Crippen molar-refractivity contribution in [2.24, 2.45) is 5.10 Å². The number of nitrogens with one attached hydrogen (secondary N) is 1.